The number of phosphoric ester groups is 1. The zero-order valence-electron chi connectivity index (χ0n) is 9.02. The van der Waals surface area contributed by atoms with Crippen LogP contribution in [-0.2, 0) is 15.6 Å². The summed E-state index contributed by atoms with van der Waals surface area (Å²) in [6, 6.07) is 1.51. The highest BCUT2D eigenvalue weighted by molar-refractivity contribution is 7.46. The Morgan fingerprint density at radius 2 is 2.18 bits per heavy atom. The number of unbranched alkanes of at least 4 members (excludes halogenated alkanes) is 1. The van der Waals surface area contributed by atoms with Crippen LogP contribution in [0.4, 0.5) is 5.82 Å². The number of anilines is 1. The predicted molar refractivity (Wildman–Crippen MR) is 60.1 cm³/mol. The van der Waals surface area contributed by atoms with Crippen LogP contribution in [0.15, 0.2) is 17.1 Å². The first-order chi connectivity index (χ1) is 7.88. The largest absolute Gasteiger partial charge is 0.469 e. The van der Waals surface area contributed by atoms with Gasteiger partial charge in [0.2, 0.25) is 0 Å². The lowest BCUT2D eigenvalue weighted by molar-refractivity contribution is 0.193. The molecule has 0 radical (unpaired) electrons. The summed E-state index contributed by atoms with van der Waals surface area (Å²) in [7, 11) is -4.39. The molecule has 0 aromatic carbocycles. The highest BCUT2D eigenvalue weighted by atomic mass is 31.2. The molecule has 17 heavy (non-hydrogen) atoms. The number of phosphoric acid groups is 1. The fourth-order valence-electron chi connectivity index (χ4n) is 1.18. The van der Waals surface area contributed by atoms with Crippen molar-refractivity contribution in [3.8, 4) is 0 Å². The van der Waals surface area contributed by atoms with Gasteiger partial charge in [-0.15, -0.1) is 0 Å². The van der Waals surface area contributed by atoms with E-state index in [0.29, 0.717) is 19.4 Å². The molecule has 0 fully saturated rings. The Kier molecular flexibility index (Phi) is 4.83. The van der Waals surface area contributed by atoms with Crippen LogP contribution in [0.25, 0.3) is 0 Å². The summed E-state index contributed by atoms with van der Waals surface area (Å²) in [6.07, 6.45) is 2.50. The smallest absolute Gasteiger partial charge is 0.383 e. The number of nitrogens with zero attached hydrogens (tertiary/aromatic N) is 2. The molecule has 4 N–H and O–H groups in total. The van der Waals surface area contributed by atoms with E-state index < -0.39 is 13.5 Å². The average molecular weight is 263 g/mol. The van der Waals surface area contributed by atoms with Crippen LogP contribution in [-0.4, -0.2) is 25.9 Å². The first-order valence-electron chi connectivity index (χ1n) is 4.91. The van der Waals surface area contributed by atoms with E-state index in [0.717, 1.165) is 0 Å². The molecular formula is C8H14N3O5P. The van der Waals surface area contributed by atoms with Gasteiger partial charge in [-0.1, -0.05) is 0 Å². The average Bonchev–Trinajstić information content (AvgIpc) is 2.18. The van der Waals surface area contributed by atoms with E-state index in [9.17, 15) is 9.36 Å². The predicted octanol–water partition coefficient (Wildman–Crippen LogP) is -0.285. The number of aromatic nitrogens is 2. The minimum Gasteiger partial charge on any atom is -0.383 e. The number of rotatable bonds is 6. The summed E-state index contributed by atoms with van der Waals surface area (Å²) in [6.45, 7) is 0.345. The first kappa shape index (κ1) is 13.9. The van der Waals surface area contributed by atoms with Crippen molar-refractivity contribution < 1.29 is 18.9 Å². The van der Waals surface area contributed by atoms with Crippen molar-refractivity contribution in [2.24, 2.45) is 0 Å². The SMILES string of the molecule is Nc1ccn(CCCCOP(=O)(O)O)c(=O)n1. The van der Waals surface area contributed by atoms with Gasteiger partial charge in [0, 0.05) is 12.7 Å². The summed E-state index contributed by atoms with van der Waals surface area (Å²) >= 11 is 0. The van der Waals surface area contributed by atoms with E-state index in [1.54, 1.807) is 0 Å². The van der Waals surface area contributed by atoms with Crippen molar-refractivity contribution in [3.05, 3.63) is 22.7 Å². The maximum atomic E-state index is 11.3. The van der Waals surface area contributed by atoms with Gasteiger partial charge >= 0.3 is 13.5 Å². The lowest BCUT2D eigenvalue weighted by atomic mass is 10.3. The van der Waals surface area contributed by atoms with Crippen molar-refractivity contribution in [3.63, 3.8) is 0 Å². The van der Waals surface area contributed by atoms with E-state index in [4.69, 9.17) is 15.5 Å². The summed E-state index contributed by atoms with van der Waals surface area (Å²) in [5.74, 6) is 0.163. The number of nitrogen functional groups attached to an aromatic ring is 1. The normalized spacial score (nSPS) is 11.6. The molecule has 0 saturated heterocycles. The second kappa shape index (κ2) is 5.92. The highest BCUT2D eigenvalue weighted by Crippen LogP contribution is 2.35. The molecule has 0 amide bonds. The van der Waals surface area contributed by atoms with Crippen LogP contribution in [0.3, 0.4) is 0 Å². The zero-order chi connectivity index (χ0) is 12.9. The minimum absolute atomic E-state index is 0.0541. The molecule has 0 aliphatic carbocycles. The monoisotopic (exact) mass is 263 g/mol. The maximum absolute atomic E-state index is 11.3. The van der Waals surface area contributed by atoms with Gasteiger partial charge in [0.1, 0.15) is 5.82 Å². The van der Waals surface area contributed by atoms with Gasteiger partial charge < -0.3 is 15.5 Å². The first-order valence-corrected chi connectivity index (χ1v) is 6.44. The van der Waals surface area contributed by atoms with Crippen molar-refractivity contribution in [2.45, 2.75) is 19.4 Å². The van der Waals surface area contributed by atoms with Gasteiger partial charge in [-0.3, -0.25) is 9.09 Å². The summed E-state index contributed by atoms with van der Waals surface area (Å²) in [5.41, 5.74) is 4.88. The molecule has 96 valence electrons. The van der Waals surface area contributed by atoms with Gasteiger partial charge in [-0.25, -0.2) is 9.36 Å². The van der Waals surface area contributed by atoms with E-state index in [2.05, 4.69) is 9.51 Å². The highest BCUT2D eigenvalue weighted by Gasteiger charge is 2.12. The number of hydrogen-bond donors (Lipinski definition) is 3. The number of nitrogens with two attached hydrogens (primary N) is 1. The molecule has 1 rings (SSSR count). The third-order valence-electron chi connectivity index (χ3n) is 1.95. The molecule has 0 spiro atoms. The Hall–Kier alpha value is -1.21. The van der Waals surface area contributed by atoms with E-state index >= 15 is 0 Å². The molecule has 0 saturated carbocycles. The van der Waals surface area contributed by atoms with Gasteiger partial charge in [0.25, 0.3) is 0 Å². The molecule has 1 aromatic heterocycles. The standard InChI is InChI=1S/C8H14N3O5P/c9-7-3-5-11(8(12)10-7)4-1-2-6-16-17(13,14)15/h3,5H,1-2,4,6H2,(H2,9,10,12)(H2,13,14,15). The van der Waals surface area contributed by atoms with Crippen molar-refractivity contribution in [1.82, 2.24) is 9.55 Å². The van der Waals surface area contributed by atoms with Gasteiger partial charge in [-0.2, -0.15) is 4.98 Å². The molecule has 0 unspecified atom stereocenters. The molecule has 1 heterocycles. The molecule has 0 aliphatic rings. The third-order valence-corrected chi connectivity index (χ3v) is 2.47. The Bertz CT molecular complexity index is 468. The minimum atomic E-state index is -4.39. The molecule has 0 bridgehead atoms. The van der Waals surface area contributed by atoms with Crippen LogP contribution >= 0.6 is 7.82 Å². The van der Waals surface area contributed by atoms with E-state index in [1.165, 1.54) is 16.8 Å². The maximum Gasteiger partial charge on any atom is 0.469 e. The fraction of sp³-hybridized carbons (Fsp3) is 0.500. The third kappa shape index (κ3) is 5.60. The molecule has 1 aromatic rings. The van der Waals surface area contributed by atoms with Crippen LogP contribution in [0.1, 0.15) is 12.8 Å². The topological polar surface area (TPSA) is 128 Å². The molecule has 9 heteroatoms. The molecular weight excluding hydrogens is 249 g/mol. The molecule has 8 nitrogen and oxygen atoms in total. The van der Waals surface area contributed by atoms with Crippen molar-refractivity contribution in [2.75, 3.05) is 12.3 Å². The Morgan fingerprint density at radius 1 is 1.47 bits per heavy atom. The van der Waals surface area contributed by atoms with Crippen LogP contribution in [0.5, 0.6) is 0 Å². The summed E-state index contributed by atoms with van der Waals surface area (Å²) in [5, 5.41) is 0. The van der Waals surface area contributed by atoms with Gasteiger partial charge in [-0.05, 0) is 18.9 Å². The van der Waals surface area contributed by atoms with E-state index in [1.807, 2.05) is 0 Å². The van der Waals surface area contributed by atoms with E-state index in [-0.39, 0.29) is 12.4 Å². The lowest BCUT2D eigenvalue weighted by Gasteiger charge is -2.06. The summed E-state index contributed by atoms with van der Waals surface area (Å²) in [4.78, 5) is 31.7. The Balaban J connectivity index is 2.32. The fourth-order valence-corrected chi connectivity index (χ4v) is 1.55. The Morgan fingerprint density at radius 3 is 2.76 bits per heavy atom. The van der Waals surface area contributed by atoms with Crippen LogP contribution in [0, 0.1) is 0 Å². The zero-order valence-corrected chi connectivity index (χ0v) is 9.92. The van der Waals surface area contributed by atoms with Crippen LogP contribution < -0.4 is 11.4 Å². The number of aryl methyl sites for hydroxylation is 1. The van der Waals surface area contributed by atoms with Crippen molar-refractivity contribution in [1.29, 1.82) is 0 Å². The van der Waals surface area contributed by atoms with Crippen molar-refractivity contribution >= 4 is 13.6 Å². The van der Waals surface area contributed by atoms with Crippen LogP contribution in [0.2, 0.25) is 0 Å². The van der Waals surface area contributed by atoms with Gasteiger partial charge in [0.05, 0.1) is 6.61 Å². The second-order valence-corrected chi connectivity index (χ2v) is 4.60. The quantitative estimate of drug-likeness (QED) is 0.475. The number of hydrogen-bond acceptors (Lipinski definition) is 5. The molecule has 0 aliphatic heterocycles. The second-order valence-electron chi connectivity index (χ2n) is 3.36. The summed E-state index contributed by atoms with van der Waals surface area (Å²) < 4.78 is 16.0. The van der Waals surface area contributed by atoms with Gasteiger partial charge in [0.15, 0.2) is 0 Å². The molecule has 0 atom stereocenters. The lowest BCUT2D eigenvalue weighted by Crippen LogP contribution is -2.23. The Labute approximate surface area is 97.3 Å².